The molecule has 1 aliphatic carbocycles. The van der Waals surface area contributed by atoms with Crippen molar-refractivity contribution in [3.63, 3.8) is 0 Å². The first kappa shape index (κ1) is 15.9. The molecule has 1 aliphatic heterocycles. The highest BCUT2D eigenvalue weighted by molar-refractivity contribution is 6.52. The van der Waals surface area contributed by atoms with Crippen LogP contribution in [0.25, 0.3) is 11.8 Å². The van der Waals surface area contributed by atoms with Gasteiger partial charge in [-0.05, 0) is 19.9 Å². The molecule has 2 N–H and O–H groups in total. The summed E-state index contributed by atoms with van der Waals surface area (Å²) in [6.07, 6.45) is 1.08. The standard InChI is InChI=1S/C17H16O7/c1-6-5-8-9(7(2)24-6)12(18)10-11(16(8)22-3)14(20)17(23-4)15(21)13(10)19/h5,7,18,20H,1-4H3. The van der Waals surface area contributed by atoms with Crippen molar-refractivity contribution in [3.8, 4) is 11.5 Å². The molecule has 0 bridgehead atoms. The summed E-state index contributed by atoms with van der Waals surface area (Å²) >= 11 is 0. The number of ether oxygens (including phenoxy) is 3. The van der Waals surface area contributed by atoms with E-state index >= 15 is 0 Å². The van der Waals surface area contributed by atoms with Gasteiger partial charge in [0, 0.05) is 11.1 Å². The third kappa shape index (κ3) is 1.90. The highest BCUT2D eigenvalue weighted by Gasteiger charge is 2.42. The number of phenolic OH excluding ortho intramolecular Hbond substituents is 1. The fourth-order valence-corrected chi connectivity index (χ4v) is 3.17. The third-order valence-electron chi connectivity index (χ3n) is 4.12. The van der Waals surface area contributed by atoms with Gasteiger partial charge in [-0.3, -0.25) is 9.59 Å². The van der Waals surface area contributed by atoms with E-state index in [9.17, 15) is 19.8 Å². The van der Waals surface area contributed by atoms with Crippen molar-refractivity contribution in [2.45, 2.75) is 20.0 Å². The average molecular weight is 332 g/mol. The van der Waals surface area contributed by atoms with Crippen LogP contribution in [0.2, 0.25) is 0 Å². The fraction of sp³-hybridized carbons (Fsp3) is 0.294. The van der Waals surface area contributed by atoms with E-state index in [0.29, 0.717) is 16.9 Å². The van der Waals surface area contributed by atoms with Crippen LogP contribution in [0, 0.1) is 0 Å². The lowest BCUT2D eigenvalue weighted by molar-refractivity contribution is -0.114. The maximum Gasteiger partial charge on any atom is 0.272 e. The second-order valence-electron chi connectivity index (χ2n) is 5.51. The summed E-state index contributed by atoms with van der Waals surface area (Å²) in [6.45, 7) is 3.44. The van der Waals surface area contributed by atoms with Gasteiger partial charge < -0.3 is 24.4 Å². The van der Waals surface area contributed by atoms with Crippen LogP contribution in [-0.4, -0.2) is 36.0 Å². The largest absolute Gasteiger partial charge is 0.507 e. The quantitative estimate of drug-likeness (QED) is 0.802. The molecular weight excluding hydrogens is 316 g/mol. The SMILES string of the molecule is COC1=C(O)c2c(OC)c3c(c(O)c2C(=O)C1=O)C(C)OC(C)=C3. The summed E-state index contributed by atoms with van der Waals surface area (Å²) in [5, 5.41) is 21.0. The van der Waals surface area contributed by atoms with Crippen molar-refractivity contribution in [2.75, 3.05) is 14.2 Å². The number of carbonyl (C=O) groups excluding carboxylic acids is 2. The number of aliphatic hydroxyl groups is 1. The third-order valence-corrected chi connectivity index (χ3v) is 4.12. The van der Waals surface area contributed by atoms with Gasteiger partial charge in [-0.15, -0.1) is 0 Å². The number of aromatic hydroxyl groups is 1. The zero-order valence-corrected chi connectivity index (χ0v) is 13.6. The molecule has 0 saturated carbocycles. The van der Waals surface area contributed by atoms with Crippen molar-refractivity contribution >= 4 is 23.4 Å². The van der Waals surface area contributed by atoms with Crippen LogP contribution in [0.4, 0.5) is 0 Å². The summed E-state index contributed by atoms with van der Waals surface area (Å²) in [6, 6.07) is 0. The molecule has 1 unspecified atom stereocenters. The topological polar surface area (TPSA) is 102 Å². The number of carbonyl (C=O) groups is 2. The number of ketones is 2. The van der Waals surface area contributed by atoms with Gasteiger partial charge in [-0.1, -0.05) is 0 Å². The molecule has 0 aromatic heterocycles. The minimum absolute atomic E-state index is 0.0617. The second kappa shape index (κ2) is 5.30. The Morgan fingerprint density at radius 2 is 1.75 bits per heavy atom. The van der Waals surface area contributed by atoms with Gasteiger partial charge in [0.1, 0.15) is 17.6 Å². The van der Waals surface area contributed by atoms with Crippen molar-refractivity contribution in [3.05, 3.63) is 33.8 Å². The summed E-state index contributed by atoms with van der Waals surface area (Å²) in [7, 11) is 2.54. The molecule has 1 aromatic carbocycles. The van der Waals surface area contributed by atoms with E-state index < -0.39 is 34.9 Å². The number of methoxy groups -OCH3 is 2. The van der Waals surface area contributed by atoms with Gasteiger partial charge >= 0.3 is 0 Å². The van der Waals surface area contributed by atoms with E-state index in [1.54, 1.807) is 19.9 Å². The fourth-order valence-electron chi connectivity index (χ4n) is 3.17. The van der Waals surface area contributed by atoms with E-state index in [1.165, 1.54) is 14.2 Å². The van der Waals surface area contributed by atoms with E-state index in [1.807, 2.05) is 0 Å². The Morgan fingerprint density at radius 3 is 2.33 bits per heavy atom. The van der Waals surface area contributed by atoms with Crippen LogP contribution in [0.5, 0.6) is 11.5 Å². The Bertz CT molecular complexity index is 845. The number of aliphatic hydroxyl groups excluding tert-OH is 1. The Balaban J connectivity index is 2.50. The van der Waals surface area contributed by atoms with E-state index in [2.05, 4.69) is 0 Å². The lowest BCUT2D eigenvalue weighted by Crippen LogP contribution is -2.27. The van der Waals surface area contributed by atoms with Gasteiger partial charge in [0.15, 0.2) is 5.76 Å². The molecule has 1 atom stereocenters. The van der Waals surface area contributed by atoms with Crippen LogP contribution in [0.15, 0.2) is 11.5 Å². The molecule has 0 radical (unpaired) electrons. The average Bonchev–Trinajstić information content (AvgIpc) is 2.52. The van der Waals surface area contributed by atoms with Gasteiger partial charge in [0.25, 0.3) is 5.78 Å². The molecule has 1 aromatic rings. The molecule has 126 valence electrons. The Hall–Kier alpha value is -2.96. The number of rotatable bonds is 2. The van der Waals surface area contributed by atoms with Gasteiger partial charge in [-0.2, -0.15) is 0 Å². The predicted octanol–water partition coefficient (Wildman–Crippen LogP) is 2.49. The highest BCUT2D eigenvalue weighted by Crippen LogP contribution is 2.49. The lowest BCUT2D eigenvalue weighted by Gasteiger charge is -2.29. The normalized spacial score (nSPS) is 19.3. The van der Waals surface area contributed by atoms with E-state index in [0.717, 1.165) is 0 Å². The van der Waals surface area contributed by atoms with Crippen LogP contribution in [0.1, 0.15) is 47.0 Å². The van der Waals surface area contributed by atoms with E-state index in [4.69, 9.17) is 14.2 Å². The number of fused-ring (bicyclic) bond motifs is 2. The molecule has 0 fully saturated rings. The monoisotopic (exact) mass is 332 g/mol. The maximum absolute atomic E-state index is 12.4. The number of hydrogen-bond donors (Lipinski definition) is 2. The van der Waals surface area contributed by atoms with Crippen LogP contribution >= 0.6 is 0 Å². The zero-order chi connectivity index (χ0) is 17.8. The summed E-state index contributed by atoms with van der Waals surface area (Å²) < 4.78 is 15.8. The number of phenols is 1. The molecule has 24 heavy (non-hydrogen) atoms. The Morgan fingerprint density at radius 1 is 1.08 bits per heavy atom. The van der Waals surface area contributed by atoms with Gasteiger partial charge in [0.2, 0.25) is 11.5 Å². The minimum atomic E-state index is -1.03. The predicted molar refractivity (Wildman–Crippen MR) is 83.7 cm³/mol. The molecule has 3 rings (SSSR count). The van der Waals surface area contributed by atoms with Crippen LogP contribution < -0.4 is 4.74 Å². The number of allylic oxidation sites excluding steroid dienone is 2. The smallest absolute Gasteiger partial charge is 0.272 e. The van der Waals surface area contributed by atoms with Gasteiger partial charge in [0.05, 0.1) is 31.1 Å². The highest BCUT2D eigenvalue weighted by atomic mass is 16.5. The van der Waals surface area contributed by atoms with Crippen LogP contribution in [0.3, 0.4) is 0 Å². The van der Waals surface area contributed by atoms with E-state index in [-0.39, 0.29) is 16.9 Å². The first-order valence-electron chi connectivity index (χ1n) is 7.21. The maximum atomic E-state index is 12.4. The molecule has 0 amide bonds. The van der Waals surface area contributed by atoms with Crippen molar-refractivity contribution in [1.29, 1.82) is 0 Å². The molecule has 7 heteroatoms. The molecular formula is C17H16O7. The summed E-state index contributed by atoms with van der Waals surface area (Å²) in [4.78, 5) is 24.5. The molecule has 1 heterocycles. The number of Topliss-reactive ketones (excluding diaryl/α,β-unsaturated/α-hetero) is 2. The van der Waals surface area contributed by atoms with Crippen LogP contribution in [-0.2, 0) is 14.3 Å². The molecule has 2 aliphatic rings. The Kier molecular flexibility index (Phi) is 3.51. The molecule has 7 nitrogen and oxygen atoms in total. The first-order valence-corrected chi connectivity index (χ1v) is 7.21. The summed E-state index contributed by atoms with van der Waals surface area (Å²) in [5.41, 5.74) is 0.436. The summed E-state index contributed by atoms with van der Waals surface area (Å²) in [5.74, 6) is -2.69. The minimum Gasteiger partial charge on any atom is -0.507 e. The molecule has 0 spiro atoms. The zero-order valence-electron chi connectivity index (χ0n) is 13.6. The van der Waals surface area contributed by atoms with Crippen molar-refractivity contribution < 1.29 is 34.0 Å². The molecule has 0 saturated heterocycles. The van der Waals surface area contributed by atoms with Crippen molar-refractivity contribution in [2.24, 2.45) is 0 Å². The number of benzene rings is 1. The second-order valence-corrected chi connectivity index (χ2v) is 5.51. The first-order chi connectivity index (χ1) is 11.3. The van der Waals surface area contributed by atoms with Crippen molar-refractivity contribution in [1.82, 2.24) is 0 Å². The van der Waals surface area contributed by atoms with Gasteiger partial charge in [-0.25, -0.2) is 0 Å². The number of hydrogen-bond acceptors (Lipinski definition) is 7. The lowest BCUT2D eigenvalue weighted by atomic mass is 9.84. The Labute approximate surface area is 137 Å².